The summed E-state index contributed by atoms with van der Waals surface area (Å²) in [6.45, 7) is 3.20. The third-order valence-corrected chi connectivity index (χ3v) is 1.62. The van der Waals surface area contributed by atoms with Gasteiger partial charge in [-0.1, -0.05) is 19.8 Å². The Kier molecular flexibility index (Phi) is 3.59. The Labute approximate surface area is 68.1 Å². The fraction of sp³-hybridized carbons (Fsp3) is 0.556. The highest BCUT2D eigenvalue weighted by Gasteiger charge is 1.98. The average Bonchev–Trinajstić information content (AvgIpc) is 2.07. The number of hydrogen-bond donors (Lipinski definition) is 0. The van der Waals surface area contributed by atoms with Crippen LogP contribution in [-0.2, 0) is 4.84 Å². The van der Waals surface area contributed by atoms with Crippen LogP contribution in [0.5, 0.6) is 0 Å². The molecule has 0 aromatic rings. The summed E-state index contributed by atoms with van der Waals surface area (Å²) in [7, 11) is 0. The van der Waals surface area contributed by atoms with Gasteiger partial charge in [0.2, 0.25) is 0 Å². The maximum atomic E-state index is 5.19. The van der Waals surface area contributed by atoms with Crippen molar-refractivity contribution in [2.75, 3.05) is 6.54 Å². The molecule has 1 aliphatic rings. The molecule has 1 rings (SSSR count). The SMILES string of the molecule is CCCCCN1C=CC=CO1. The van der Waals surface area contributed by atoms with Crippen molar-refractivity contribution in [2.45, 2.75) is 26.2 Å². The van der Waals surface area contributed by atoms with Crippen molar-refractivity contribution in [2.24, 2.45) is 0 Å². The zero-order valence-corrected chi connectivity index (χ0v) is 6.99. The van der Waals surface area contributed by atoms with Crippen LogP contribution >= 0.6 is 0 Å². The second kappa shape index (κ2) is 4.83. The van der Waals surface area contributed by atoms with Crippen molar-refractivity contribution in [3.05, 3.63) is 24.6 Å². The summed E-state index contributed by atoms with van der Waals surface area (Å²) >= 11 is 0. The highest BCUT2D eigenvalue weighted by Crippen LogP contribution is 2.03. The maximum absolute atomic E-state index is 5.19. The van der Waals surface area contributed by atoms with Gasteiger partial charge < -0.3 is 4.84 Å². The number of unbranched alkanes of at least 4 members (excludes halogenated alkanes) is 2. The Morgan fingerprint density at radius 3 is 2.82 bits per heavy atom. The van der Waals surface area contributed by atoms with Crippen LogP contribution in [0, 0.1) is 0 Å². The van der Waals surface area contributed by atoms with Crippen LogP contribution in [-0.4, -0.2) is 11.6 Å². The predicted octanol–water partition coefficient (Wildman–Crippen LogP) is 2.45. The summed E-state index contributed by atoms with van der Waals surface area (Å²) in [5, 5.41) is 1.86. The molecule has 2 heteroatoms. The maximum Gasteiger partial charge on any atom is 0.119 e. The van der Waals surface area contributed by atoms with E-state index in [1.807, 2.05) is 23.4 Å². The van der Waals surface area contributed by atoms with E-state index in [1.54, 1.807) is 6.26 Å². The molecule has 1 aliphatic heterocycles. The van der Waals surface area contributed by atoms with Gasteiger partial charge in [0.15, 0.2) is 0 Å². The first-order valence-corrected chi connectivity index (χ1v) is 4.20. The summed E-state index contributed by atoms with van der Waals surface area (Å²) < 4.78 is 0. The van der Waals surface area contributed by atoms with E-state index in [0.29, 0.717) is 0 Å². The van der Waals surface area contributed by atoms with Gasteiger partial charge >= 0.3 is 0 Å². The zero-order chi connectivity index (χ0) is 7.94. The molecule has 0 unspecified atom stereocenters. The monoisotopic (exact) mass is 153 g/mol. The lowest BCUT2D eigenvalue weighted by Gasteiger charge is -2.19. The average molecular weight is 153 g/mol. The van der Waals surface area contributed by atoms with Crippen molar-refractivity contribution in [3.63, 3.8) is 0 Å². The van der Waals surface area contributed by atoms with Gasteiger partial charge in [-0.2, -0.15) is 0 Å². The van der Waals surface area contributed by atoms with E-state index >= 15 is 0 Å². The molecule has 2 nitrogen and oxygen atoms in total. The van der Waals surface area contributed by atoms with Crippen LogP contribution in [0.25, 0.3) is 0 Å². The Balaban J connectivity index is 2.07. The van der Waals surface area contributed by atoms with Crippen molar-refractivity contribution in [1.82, 2.24) is 5.06 Å². The molecule has 1 heterocycles. The quantitative estimate of drug-likeness (QED) is 0.575. The van der Waals surface area contributed by atoms with Gasteiger partial charge in [0.25, 0.3) is 0 Å². The van der Waals surface area contributed by atoms with Crippen LogP contribution in [0.4, 0.5) is 0 Å². The molecule has 0 radical (unpaired) electrons. The van der Waals surface area contributed by atoms with E-state index in [4.69, 9.17) is 4.84 Å². The minimum absolute atomic E-state index is 0.995. The van der Waals surface area contributed by atoms with E-state index in [9.17, 15) is 0 Å². The first-order chi connectivity index (χ1) is 5.43. The predicted molar refractivity (Wildman–Crippen MR) is 45.6 cm³/mol. The summed E-state index contributed by atoms with van der Waals surface area (Å²) in [6.07, 6.45) is 11.3. The van der Waals surface area contributed by atoms with E-state index in [-0.39, 0.29) is 0 Å². The summed E-state index contributed by atoms with van der Waals surface area (Å²) in [4.78, 5) is 5.19. The first kappa shape index (κ1) is 8.18. The lowest BCUT2D eigenvalue weighted by molar-refractivity contribution is -0.0603. The third kappa shape index (κ3) is 3.12. The van der Waals surface area contributed by atoms with Crippen LogP contribution in [0.3, 0.4) is 0 Å². The topological polar surface area (TPSA) is 12.5 Å². The second-order valence-corrected chi connectivity index (χ2v) is 2.62. The molecule has 0 bridgehead atoms. The van der Waals surface area contributed by atoms with E-state index < -0.39 is 0 Å². The van der Waals surface area contributed by atoms with Gasteiger partial charge in [-0.25, -0.2) is 5.06 Å². The smallest absolute Gasteiger partial charge is 0.119 e. The van der Waals surface area contributed by atoms with Gasteiger partial charge in [0.1, 0.15) is 6.26 Å². The normalized spacial score (nSPS) is 15.2. The van der Waals surface area contributed by atoms with Crippen molar-refractivity contribution >= 4 is 0 Å². The molecule has 0 amide bonds. The molecule has 0 atom stereocenters. The number of nitrogens with zero attached hydrogens (tertiary/aromatic N) is 1. The summed E-state index contributed by atoms with van der Waals surface area (Å²) in [6, 6.07) is 0. The van der Waals surface area contributed by atoms with Crippen LogP contribution in [0.2, 0.25) is 0 Å². The van der Waals surface area contributed by atoms with Crippen LogP contribution in [0.1, 0.15) is 26.2 Å². The highest BCUT2D eigenvalue weighted by molar-refractivity contribution is 5.01. The standard InChI is InChI=1S/C9H15NO/c1-2-3-4-7-10-8-5-6-9-11-10/h5-6,8-9H,2-4,7H2,1H3. The Morgan fingerprint density at radius 2 is 2.18 bits per heavy atom. The minimum Gasteiger partial charge on any atom is -0.388 e. The van der Waals surface area contributed by atoms with Gasteiger partial charge in [-0.05, 0) is 18.6 Å². The largest absolute Gasteiger partial charge is 0.388 e. The van der Waals surface area contributed by atoms with E-state index in [2.05, 4.69) is 6.92 Å². The Morgan fingerprint density at radius 1 is 1.27 bits per heavy atom. The summed E-state index contributed by atoms with van der Waals surface area (Å²) in [5.41, 5.74) is 0. The third-order valence-electron chi connectivity index (χ3n) is 1.62. The molecule has 11 heavy (non-hydrogen) atoms. The van der Waals surface area contributed by atoms with E-state index in [0.717, 1.165) is 6.54 Å². The van der Waals surface area contributed by atoms with Crippen molar-refractivity contribution in [3.8, 4) is 0 Å². The molecule has 0 fully saturated rings. The van der Waals surface area contributed by atoms with Crippen molar-refractivity contribution < 1.29 is 4.84 Å². The van der Waals surface area contributed by atoms with Gasteiger partial charge in [-0.3, -0.25) is 0 Å². The second-order valence-electron chi connectivity index (χ2n) is 2.62. The van der Waals surface area contributed by atoms with Gasteiger partial charge in [-0.15, -0.1) is 0 Å². The molecule has 0 N–H and O–H groups in total. The lowest BCUT2D eigenvalue weighted by Crippen LogP contribution is -2.17. The molecule has 0 aliphatic carbocycles. The van der Waals surface area contributed by atoms with E-state index in [1.165, 1.54) is 19.3 Å². The molecule has 0 aromatic carbocycles. The molecular formula is C9H15NO. The molecule has 62 valence electrons. The van der Waals surface area contributed by atoms with Crippen molar-refractivity contribution in [1.29, 1.82) is 0 Å². The minimum atomic E-state index is 0.995. The fourth-order valence-electron chi connectivity index (χ4n) is 0.984. The first-order valence-electron chi connectivity index (χ1n) is 4.20. The van der Waals surface area contributed by atoms with Gasteiger partial charge in [0.05, 0.1) is 6.54 Å². The lowest BCUT2D eigenvalue weighted by atomic mass is 10.2. The molecule has 0 saturated carbocycles. The summed E-state index contributed by atoms with van der Waals surface area (Å²) in [5.74, 6) is 0. The zero-order valence-electron chi connectivity index (χ0n) is 6.99. The number of hydroxylamine groups is 2. The number of rotatable bonds is 4. The molecule has 0 spiro atoms. The number of allylic oxidation sites excluding steroid dienone is 2. The molecule has 0 saturated heterocycles. The molecule has 0 aromatic heterocycles. The molecular weight excluding hydrogens is 138 g/mol. The highest BCUT2D eigenvalue weighted by atomic mass is 16.7. The van der Waals surface area contributed by atoms with Crippen LogP contribution < -0.4 is 0 Å². The van der Waals surface area contributed by atoms with Gasteiger partial charge in [0, 0.05) is 6.20 Å². The Bertz CT molecular complexity index is 152. The number of hydrogen-bond acceptors (Lipinski definition) is 2. The Hall–Kier alpha value is -0.920. The van der Waals surface area contributed by atoms with Crippen LogP contribution in [0.15, 0.2) is 24.6 Å². The fourth-order valence-corrected chi connectivity index (χ4v) is 0.984.